The van der Waals surface area contributed by atoms with Crippen molar-refractivity contribution in [1.82, 2.24) is 16.0 Å². The van der Waals surface area contributed by atoms with Crippen LogP contribution in [0, 0.1) is 0 Å². The second-order valence-corrected chi connectivity index (χ2v) is 7.93. The fraction of sp³-hybridized carbons (Fsp3) is 0.417. The maximum absolute atomic E-state index is 11.9. The van der Waals surface area contributed by atoms with Gasteiger partial charge >= 0.3 is 0 Å². The minimum Gasteiger partial charge on any atom is -0.488 e. The van der Waals surface area contributed by atoms with Crippen LogP contribution in [0.4, 0.5) is 0 Å². The van der Waals surface area contributed by atoms with Gasteiger partial charge in [0.05, 0.1) is 6.54 Å². The molecule has 6 heteroatoms. The number of carbonyl (C=O) groups is 1. The SMILES string of the molecule is CCNC(=O)c1ccc(CN=C(NCC)NCc2ccccc2OC(C)(C)C)cc1. The minimum atomic E-state index is -0.255. The highest BCUT2D eigenvalue weighted by Crippen LogP contribution is 2.22. The third-order valence-corrected chi connectivity index (χ3v) is 4.15. The van der Waals surface area contributed by atoms with Crippen LogP contribution >= 0.6 is 0 Å². The zero-order chi connectivity index (χ0) is 22.0. The summed E-state index contributed by atoms with van der Waals surface area (Å²) in [6.07, 6.45) is 0. The van der Waals surface area contributed by atoms with Crippen molar-refractivity contribution in [2.45, 2.75) is 53.3 Å². The Kier molecular flexibility index (Phi) is 8.71. The molecule has 0 unspecified atom stereocenters. The van der Waals surface area contributed by atoms with Crippen LogP contribution in [0.1, 0.15) is 56.1 Å². The quantitative estimate of drug-likeness (QED) is 0.456. The zero-order valence-corrected chi connectivity index (χ0v) is 18.7. The third kappa shape index (κ3) is 7.78. The lowest BCUT2D eigenvalue weighted by molar-refractivity contribution is 0.0955. The van der Waals surface area contributed by atoms with E-state index in [1.165, 1.54) is 0 Å². The summed E-state index contributed by atoms with van der Waals surface area (Å²) in [6, 6.07) is 15.6. The highest BCUT2D eigenvalue weighted by Gasteiger charge is 2.14. The van der Waals surface area contributed by atoms with Crippen LogP contribution < -0.4 is 20.7 Å². The first-order valence-electron chi connectivity index (χ1n) is 10.5. The van der Waals surface area contributed by atoms with Crippen molar-refractivity contribution >= 4 is 11.9 Å². The Morgan fingerprint density at radius 1 is 0.933 bits per heavy atom. The number of nitrogens with one attached hydrogen (secondary N) is 3. The number of aliphatic imine (C=N–C) groups is 1. The highest BCUT2D eigenvalue weighted by atomic mass is 16.5. The van der Waals surface area contributed by atoms with Gasteiger partial charge in [-0.3, -0.25) is 4.79 Å². The second kappa shape index (κ2) is 11.2. The van der Waals surface area contributed by atoms with Gasteiger partial charge in [-0.1, -0.05) is 30.3 Å². The fourth-order valence-corrected chi connectivity index (χ4v) is 2.79. The monoisotopic (exact) mass is 410 g/mol. The van der Waals surface area contributed by atoms with Crippen LogP contribution in [-0.4, -0.2) is 30.6 Å². The first-order chi connectivity index (χ1) is 14.3. The molecule has 0 spiro atoms. The Bertz CT molecular complexity index is 839. The minimum absolute atomic E-state index is 0.0568. The number of carbonyl (C=O) groups excluding carboxylic acids is 1. The number of ether oxygens (including phenoxy) is 1. The molecule has 0 aliphatic heterocycles. The topological polar surface area (TPSA) is 74.8 Å². The number of nitrogens with zero attached hydrogens (tertiary/aromatic N) is 1. The maximum atomic E-state index is 11.9. The second-order valence-electron chi connectivity index (χ2n) is 7.93. The Hall–Kier alpha value is -3.02. The normalized spacial score (nSPS) is 11.7. The lowest BCUT2D eigenvalue weighted by atomic mass is 10.1. The van der Waals surface area contributed by atoms with Gasteiger partial charge in [0, 0.05) is 30.8 Å². The van der Waals surface area contributed by atoms with Crippen molar-refractivity contribution in [3.63, 3.8) is 0 Å². The molecule has 6 nitrogen and oxygen atoms in total. The van der Waals surface area contributed by atoms with E-state index in [-0.39, 0.29) is 11.5 Å². The lowest BCUT2D eigenvalue weighted by Gasteiger charge is -2.23. The van der Waals surface area contributed by atoms with Gasteiger partial charge in [0.15, 0.2) is 5.96 Å². The number of hydrogen-bond acceptors (Lipinski definition) is 3. The number of guanidine groups is 1. The predicted molar refractivity (Wildman–Crippen MR) is 123 cm³/mol. The van der Waals surface area contributed by atoms with Gasteiger partial charge in [-0.05, 0) is 58.4 Å². The molecule has 0 radical (unpaired) electrons. The number of rotatable bonds is 8. The summed E-state index contributed by atoms with van der Waals surface area (Å²) in [7, 11) is 0. The van der Waals surface area contributed by atoms with E-state index >= 15 is 0 Å². The molecule has 0 heterocycles. The van der Waals surface area contributed by atoms with Crippen LogP contribution in [0.5, 0.6) is 5.75 Å². The van der Waals surface area contributed by atoms with E-state index < -0.39 is 0 Å². The van der Waals surface area contributed by atoms with Crippen LogP contribution in [0.2, 0.25) is 0 Å². The maximum Gasteiger partial charge on any atom is 0.251 e. The number of benzene rings is 2. The van der Waals surface area contributed by atoms with Gasteiger partial charge in [0.2, 0.25) is 0 Å². The van der Waals surface area contributed by atoms with E-state index in [0.717, 1.165) is 29.4 Å². The van der Waals surface area contributed by atoms with E-state index in [4.69, 9.17) is 4.74 Å². The van der Waals surface area contributed by atoms with E-state index in [2.05, 4.69) is 27.0 Å². The van der Waals surface area contributed by atoms with Gasteiger partial charge < -0.3 is 20.7 Å². The fourth-order valence-electron chi connectivity index (χ4n) is 2.79. The number of amides is 1. The van der Waals surface area contributed by atoms with E-state index in [1.807, 2.05) is 77.1 Å². The van der Waals surface area contributed by atoms with Gasteiger partial charge in [0.25, 0.3) is 5.91 Å². The molecular formula is C24H34N4O2. The molecule has 0 aliphatic rings. The average molecular weight is 411 g/mol. The van der Waals surface area contributed by atoms with Crippen molar-refractivity contribution in [3.8, 4) is 5.75 Å². The molecule has 0 aliphatic carbocycles. The molecule has 0 atom stereocenters. The molecule has 0 saturated carbocycles. The van der Waals surface area contributed by atoms with Crippen molar-refractivity contribution in [2.24, 2.45) is 4.99 Å². The summed E-state index contributed by atoms with van der Waals surface area (Å²) >= 11 is 0. The first-order valence-corrected chi connectivity index (χ1v) is 10.5. The first kappa shape index (κ1) is 23.3. The molecule has 0 aromatic heterocycles. The average Bonchev–Trinajstić information content (AvgIpc) is 2.70. The molecule has 2 rings (SSSR count). The zero-order valence-electron chi connectivity index (χ0n) is 18.7. The lowest BCUT2D eigenvalue weighted by Crippen LogP contribution is -2.37. The number of hydrogen-bond donors (Lipinski definition) is 3. The molecular weight excluding hydrogens is 376 g/mol. The van der Waals surface area contributed by atoms with Gasteiger partial charge in [-0.15, -0.1) is 0 Å². The Morgan fingerprint density at radius 3 is 2.23 bits per heavy atom. The Balaban J connectivity index is 2.03. The molecule has 162 valence electrons. The molecule has 2 aromatic carbocycles. The van der Waals surface area contributed by atoms with E-state index in [9.17, 15) is 4.79 Å². The molecule has 2 aromatic rings. The Labute approximate surface area is 180 Å². The standard InChI is InChI=1S/C24H34N4O2/c1-6-25-22(29)19-14-12-18(13-15-19)16-27-23(26-7-2)28-17-20-10-8-9-11-21(20)30-24(3,4)5/h8-15H,6-7,16-17H2,1-5H3,(H,25,29)(H2,26,27,28). The smallest absolute Gasteiger partial charge is 0.251 e. The van der Waals surface area contributed by atoms with E-state index in [0.29, 0.717) is 25.2 Å². The van der Waals surface area contributed by atoms with Gasteiger partial charge in [-0.2, -0.15) is 0 Å². The summed E-state index contributed by atoms with van der Waals surface area (Å²) in [5.74, 6) is 1.55. The molecule has 3 N–H and O–H groups in total. The van der Waals surface area contributed by atoms with Crippen molar-refractivity contribution in [3.05, 3.63) is 65.2 Å². The number of para-hydroxylation sites is 1. The molecule has 1 amide bonds. The molecule has 0 fully saturated rings. The summed E-state index contributed by atoms with van der Waals surface area (Å²) < 4.78 is 6.07. The van der Waals surface area contributed by atoms with Crippen LogP contribution in [0.15, 0.2) is 53.5 Å². The van der Waals surface area contributed by atoms with Crippen molar-refractivity contribution < 1.29 is 9.53 Å². The summed E-state index contributed by atoms with van der Waals surface area (Å²) in [4.78, 5) is 16.5. The molecule has 0 bridgehead atoms. The van der Waals surface area contributed by atoms with Crippen LogP contribution in [0.3, 0.4) is 0 Å². The Morgan fingerprint density at radius 2 is 1.60 bits per heavy atom. The van der Waals surface area contributed by atoms with Gasteiger partial charge in [-0.25, -0.2) is 4.99 Å². The molecule has 30 heavy (non-hydrogen) atoms. The van der Waals surface area contributed by atoms with E-state index in [1.54, 1.807) is 0 Å². The van der Waals surface area contributed by atoms with Crippen LogP contribution in [0.25, 0.3) is 0 Å². The summed E-state index contributed by atoms with van der Waals surface area (Å²) in [5, 5.41) is 9.45. The van der Waals surface area contributed by atoms with Crippen LogP contribution in [-0.2, 0) is 13.1 Å². The van der Waals surface area contributed by atoms with Crippen molar-refractivity contribution in [1.29, 1.82) is 0 Å². The summed E-state index contributed by atoms with van der Waals surface area (Å²) in [5.41, 5.74) is 2.51. The summed E-state index contributed by atoms with van der Waals surface area (Å²) in [6.45, 7) is 12.6. The van der Waals surface area contributed by atoms with Gasteiger partial charge in [0.1, 0.15) is 11.4 Å². The van der Waals surface area contributed by atoms with Crippen molar-refractivity contribution in [2.75, 3.05) is 13.1 Å². The molecule has 0 saturated heterocycles. The predicted octanol–water partition coefficient (Wildman–Crippen LogP) is 3.87. The third-order valence-electron chi connectivity index (χ3n) is 4.15. The largest absolute Gasteiger partial charge is 0.488 e. The highest BCUT2D eigenvalue weighted by molar-refractivity contribution is 5.94.